The largest absolute Gasteiger partial charge is 0.466 e. The van der Waals surface area contributed by atoms with E-state index in [4.69, 9.17) is 15.2 Å². The molecule has 33 heavy (non-hydrogen) atoms. The van der Waals surface area contributed by atoms with Crippen molar-refractivity contribution in [1.29, 1.82) is 0 Å². The smallest absolute Gasteiger partial charge is 0.338 e. The molecule has 0 saturated heterocycles. The van der Waals surface area contributed by atoms with Gasteiger partial charge < -0.3 is 15.2 Å². The molecular formula is C23H20N4O5S. The average Bonchev–Trinajstić information content (AvgIpc) is 3.15. The predicted molar refractivity (Wildman–Crippen MR) is 122 cm³/mol. The number of rotatable bonds is 5. The fraction of sp³-hybridized carbons (Fsp3) is 0.174. The fourth-order valence-corrected chi connectivity index (χ4v) is 4.83. The average molecular weight is 465 g/mol. The van der Waals surface area contributed by atoms with Crippen LogP contribution in [0, 0.1) is 0 Å². The molecule has 0 spiro atoms. The number of methoxy groups -OCH3 is 1. The number of carbonyl (C=O) groups excluding carboxylic acids is 2. The van der Waals surface area contributed by atoms with Crippen molar-refractivity contribution in [1.82, 2.24) is 14.5 Å². The Balaban J connectivity index is 2.13. The Morgan fingerprint density at radius 1 is 1.09 bits per heavy atom. The van der Waals surface area contributed by atoms with Gasteiger partial charge in [-0.25, -0.2) is 9.59 Å². The summed E-state index contributed by atoms with van der Waals surface area (Å²) in [5, 5.41) is 0. The van der Waals surface area contributed by atoms with Crippen LogP contribution in [0.15, 0.2) is 59.4 Å². The van der Waals surface area contributed by atoms with E-state index in [1.807, 2.05) is 0 Å². The number of carbonyl (C=O) groups is 2. The summed E-state index contributed by atoms with van der Waals surface area (Å²) in [6.07, 6.45) is 7.98. The van der Waals surface area contributed by atoms with Gasteiger partial charge in [0.2, 0.25) is 0 Å². The monoisotopic (exact) mass is 464 g/mol. The van der Waals surface area contributed by atoms with Crippen molar-refractivity contribution in [2.75, 3.05) is 13.7 Å². The van der Waals surface area contributed by atoms with Crippen molar-refractivity contribution in [2.45, 2.75) is 12.8 Å². The summed E-state index contributed by atoms with van der Waals surface area (Å²) in [7, 11) is 1.21. The number of ether oxygens (including phenoxy) is 2. The summed E-state index contributed by atoms with van der Waals surface area (Å²) >= 11 is 1.10. The van der Waals surface area contributed by atoms with Gasteiger partial charge in [-0.2, -0.15) is 0 Å². The number of hydrogen-bond donors (Lipinski definition) is 1. The SMILES string of the molecule is CCOC(=O)C1=c2s/c(=C\c3ccncc3)c(=O)n2C(N)=C(C(=O)OC)[C@@H]1c1ccncc1. The van der Waals surface area contributed by atoms with Crippen LogP contribution in [0.25, 0.3) is 17.5 Å². The number of esters is 2. The highest BCUT2D eigenvalue weighted by Crippen LogP contribution is 2.37. The van der Waals surface area contributed by atoms with E-state index in [2.05, 4.69) is 9.97 Å². The maximum atomic E-state index is 13.3. The van der Waals surface area contributed by atoms with E-state index < -0.39 is 23.4 Å². The number of hydrogen-bond acceptors (Lipinski definition) is 9. The Hall–Kier alpha value is -4.05. The molecule has 4 rings (SSSR count). The molecule has 0 radical (unpaired) electrons. The van der Waals surface area contributed by atoms with Crippen LogP contribution in [0.3, 0.4) is 0 Å². The normalized spacial score (nSPS) is 15.9. The summed E-state index contributed by atoms with van der Waals surface area (Å²) in [6, 6.07) is 6.84. The third-order valence-corrected chi connectivity index (χ3v) is 6.20. The molecule has 3 aromatic heterocycles. The molecule has 0 saturated carbocycles. The van der Waals surface area contributed by atoms with E-state index in [1.54, 1.807) is 62.1 Å². The zero-order chi connectivity index (χ0) is 23.5. The van der Waals surface area contributed by atoms with E-state index >= 15 is 0 Å². The van der Waals surface area contributed by atoms with Gasteiger partial charge >= 0.3 is 11.9 Å². The second-order valence-electron chi connectivity index (χ2n) is 6.98. The second kappa shape index (κ2) is 9.21. The Kier molecular flexibility index (Phi) is 6.18. The predicted octanol–water partition coefficient (Wildman–Crippen LogP) is 0.340. The summed E-state index contributed by atoms with van der Waals surface area (Å²) in [5.74, 6) is -2.40. The fourth-order valence-electron chi connectivity index (χ4n) is 3.66. The van der Waals surface area contributed by atoms with Crippen LogP contribution in [0.4, 0.5) is 0 Å². The molecule has 3 aromatic rings. The molecule has 0 aliphatic carbocycles. The lowest BCUT2D eigenvalue weighted by Gasteiger charge is -2.26. The van der Waals surface area contributed by atoms with Crippen molar-refractivity contribution in [3.05, 3.63) is 85.3 Å². The van der Waals surface area contributed by atoms with Crippen molar-refractivity contribution in [3.63, 3.8) is 0 Å². The molecule has 0 amide bonds. The maximum absolute atomic E-state index is 13.3. The minimum atomic E-state index is -0.897. The van der Waals surface area contributed by atoms with E-state index in [0.29, 0.717) is 14.8 Å². The van der Waals surface area contributed by atoms with Crippen LogP contribution < -0.4 is 20.5 Å². The van der Waals surface area contributed by atoms with Gasteiger partial charge in [-0.05, 0) is 48.4 Å². The molecule has 1 aliphatic rings. The number of nitrogens with two attached hydrogens (primary N) is 1. The Bertz CT molecular complexity index is 1420. The topological polar surface area (TPSA) is 126 Å². The standard InChI is InChI=1S/C23H20N4O5S/c1-3-32-23(30)18-16(14-6-10-26-11-7-14)17(22(29)31-2)19(24)27-20(28)15(33-21(18)27)12-13-4-8-25-9-5-13/h4-12,16H,3,24H2,1-2H3/b15-12-/t16-/m0/s1. The van der Waals surface area contributed by atoms with Gasteiger partial charge in [0.05, 0.1) is 35.3 Å². The molecule has 0 unspecified atom stereocenters. The van der Waals surface area contributed by atoms with Gasteiger partial charge in [-0.3, -0.25) is 19.3 Å². The van der Waals surface area contributed by atoms with Crippen LogP contribution in [-0.4, -0.2) is 40.2 Å². The van der Waals surface area contributed by atoms with Gasteiger partial charge in [0.1, 0.15) is 10.5 Å². The van der Waals surface area contributed by atoms with E-state index in [-0.39, 0.29) is 23.6 Å². The zero-order valence-electron chi connectivity index (χ0n) is 17.8. The minimum absolute atomic E-state index is 0.0189. The van der Waals surface area contributed by atoms with Crippen LogP contribution in [0.1, 0.15) is 24.0 Å². The highest BCUT2D eigenvalue weighted by Gasteiger charge is 2.39. The molecule has 1 aliphatic heterocycles. The van der Waals surface area contributed by atoms with Crippen molar-refractivity contribution in [3.8, 4) is 0 Å². The Morgan fingerprint density at radius 3 is 2.33 bits per heavy atom. The first-order valence-electron chi connectivity index (χ1n) is 10.0. The lowest BCUT2D eigenvalue weighted by Crippen LogP contribution is -2.41. The number of nitrogens with zero attached hydrogens (tertiary/aromatic N) is 3. The summed E-state index contributed by atoms with van der Waals surface area (Å²) in [5.41, 5.74) is 7.38. The second-order valence-corrected chi connectivity index (χ2v) is 8.01. The first-order valence-corrected chi connectivity index (χ1v) is 10.8. The molecule has 0 aromatic carbocycles. The summed E-state index contributed by atoms with van der Waals surface area (Å²) < 4.78 is 12.1. The maximum Gasteiger partial charge on any atom is 0.338 e. The highest BCUT2D eigenvalue weighted by molar-refractivity contribution is 7.07. The quantitative estimate of drug-likeness (QED) is 0.536. The van der Waals surface area contributed by atoms with Gasteiger partial charge in [0.15, 0.2) is 0 Å². The van der Waals surface area contributed by atoms with Crippen molar-refractivity contribution in [2.24, 2.45) is 5.73 Å². The van der Waals surface area contributed by atoms with Gasteiger partial charge in [-0.1, -0.05) is 0 Å². The third kappa shape index (κ3) is 3.96. The molecule has 0 fully saturated rings. The van der Waals surface area contributed by atoms with E-state index in [1.165, 1.54) is 11.7 Å². The van der Waals surface area contributed by atoms with Crippen molar-refractivity contribution >= 4 is 40.7 Å². The number of aromatic nitrogens is 3. The first-order chi connectivity index (χ1) is 16.0. The number of thiazole rings is 1. The number of fused-ring (bicyclic) bond motifs is 1. The van der Waals surface area contributed by atoms with E-state index in [0.717, 1.165) is 16.9 Å². The Labute approximate surface area is 192 Å². The number of pyridine rings is 2. The van der Waals surface area contributed by atoms with Gasteiger partial charge in [0, 0.05) is 24.8 Å². The summed E-state index contributed by atoms with van der Waals surface area (Å²) in [4.78, 5) is 47.3. The van der Waals surface area contributed by atoms with Crippen LogP contribution in [-0.2, 0) is 19.1 Å². The van der Waals surface area contributed by atoms with Gasteiger partial charge in [-0.15, -0.1) is 11.3 Å². The third-order valence-electron chi connectivity index (χ3n) is 5.09. The lowest BCUT2D eigenvalue weighted by atomic mass is 9.83. The summed E-state index contributed by atoms with van der Waals surface area (Å²) in [6.45, 7) is 1.79. The zero-order valence-corrected chi connectivity index (χ0v) is 18.7. The van der Waals surface area contributed by atoms with Crippen molar-refractivity contribution < 1.29 is 19.1 Å². The molecule has 9 nitrogen and oxygen atoms in total. The molecule has 1 atom stereocenters. The minimum Gasteiger partial charge on any atom is -0.466 e. The van der Waals surface area contributed by atoms with E-state index in [9.17, 15) is 14.4 Å². The van der Waals surface area contributed by atoms with Crippen LogP contribution in [0.2, 0.25) is 0 Å². The molecule has 10 heteroatoms. The Morgan fingerprint density at radius 2 is 1.73 bits per heavy atom. The lowest BCUT2D eigenvalue weighted by molar-refractivity contribution is -0.136. The van der Waals surface area contributed by atoms with Gasteiger partial charge in [0.25, 0.3) is 5.56 Å². The molecule has 4 heterocycles. The first kappa shape index (κ1) is 22.2. The highest BCUT2D eigenvalue weighted by atomic mass is 32.1. The van der Waals surface area contributed by atoms with Crippen LogP contribution in [0.5, 0.6) is 0 Å². The molecular weight excluding hydrogens is 444 g/mol. The molecule has 0 bridgehead atoms. The molecule has 2 N–H and O–H groups in total. The molecule has 168 valence electrons. The van der Waals surface area contributed by atoms with Crippen LogP contribution >= 0.6 is 11.3 Å².